The van der Waals surface area contributed by atoms with Crippen molar-refractivity contribution in [1.29, 1.82) is 0 Å². The van der Waals surface area contributed by atoms with Crippen molar-refractivity contribution in [3.63, 3.8) is 0 Å². The first-order chi connectivity index (χ1) is 4.79. The summed E-state index contributed by atoms with van der Waals surface area (Å²) in [5.41, 5.74) is 0. The Morgan fingerprint density at radius 2 is 2.10 bits per heavy atom. The van der Waals surface area contributed by atoms with Crippen LogP contribution in [0.5, 0.6) is 0 Å². The number of nitrogens with zero attached hydrogens (tertiary/aromatic N) is 1. The van der Waals surface area contributed by atoms with Gasteiger partial charge in [-0.1, -0.05) is 12.2 Å². The van der Waals surface area contributed by atoms with Crippen molar-refractivity contribution in [3.05, 3.63) is 12.2 Å². The Balaban J connectivity index is 2.25. The summed E-state index contributed by atoms with van der Waals surface area (Å²) in [6.07, 6.45) is 7.56. The summed E-state index contributed by atoms with van der Waals surface area (Å²) in [6, 6.07) is 1.53. The van der Waals surface area contributed by atoms with Crippen LogP contribution in [-0.2, 0) is 0 Å². The van der Waals surface area contributed by atoms with Gasteiger partial charge in [0.15, 0.2) is 0 Å². The molecule has 3 unspecified atom stereocenters. The second kappa shape index (κ2) is 2.09. The molecule has 0 radical (unpaired) electrons. The molecular weight excluding hydrogens is 122 g/mol. The summed E-state index contributed by atoms with van der Waals surface area (Å²) in [4.78, 5) is 2.49. The normalized spacial score (nSPS) is 46.4. The average molecular weight is 137 g/mol. The fraction of sp³-hybridized carbons (Fsp3) is 0.778. The van der Waals surface area contributed by atoms with Crippen LogP contribution in [0.25, 0.3) is 0 Å². The van der Waals surface area contributed by atoms with Crippen LogP contribution in [0, 0.1) is 5.92 Å². The highest BCUT2D eigenvalue weighted by Gasteiger charge is 2.32. The van der Waals surface area contributed by atoms with Gasteiger partial charge in [-0.25, -0.2) is 0 Å². The SMILES string of the molecule is CC1C2C=CC(CC2)N1C. The van der Waals surface area contributed by atoms with Crippen molar-refractivity contribution in [3.8, 4) is 0 Å². The lowest BCUT2D eigenvalue weighted by Gasteiger charge is -2.44. The molecule has 0 aromatic carbocycles. The van der Waals surface area contributed by atoms with Crippen molar-refractivity contribution in [2.75, 3.05) is 7.05 Å². The molecule has 3 rings (SSSR count). The standard InChI is InChI=1S/C9H15N/c1-7-8-3-5-9(6-4-8)10(7)2/h3,5,7-9H,4,6H2,1-2H3. The molecule has 1 nitrogen and oxygen atoms in total. The number of piperidine rings is 1. The zero-order chi connectivity index (χ0) is 7.14. The molecule has 0 saturated carbocycles. The van der Waals surface area contributed by atoms with Crippen molar-refractivity contribution in [1.82, 2.24) is 4.90 Å². The maximum absolute atomic E-state index is 2.49. The van der Waals surface area contributed by atoms with Gasteiger partial charge < -0.3 is 0 Å². The molecule has 0 N–H and O–H groups in total. The molecule has 3 aliphatic rings. The highest BCUT2D eigenvalue weighted by molar-refractivity contribution is 5.10. The Labute approximate surface area is 62.7 Å². The summed E-state index contributed by atoms with van der Waals surface area (Å²) < 4.78 is 0. The van der Waals surface area contributed by atoms with Gasteiger partial charge in [0.1, 0.15) is 0 Å². The van der Waals surface area contributed by atoms with Crippen LogP contribution in [0.4, 0.5) is 0 Å². The van der Waals surface area contributed by atoms with E-state index in [9.17, 15) is 0 Å². The van der Waals surface area contributed by atoms with Crippen molar-refractivity contribution in [2.45, 2.75) is 31.8 Å². The van der Waals surface area contributed by atoms with Gasteiger partial charge in [0.05, 0.1) is 0 Å². The molecule has 1 aliphatic carbocycles. The van der Waals surface area contributed by atoms with E-state index in [-0.39, 0.29) is 0 Å². The van der Waals surface area contributed by atoms with Crippen LogP contribution in [0.1, 0.15) is 19.8 Å². The van der Waals surface area contributed by atoms with Crippen LogP contribution in [0.15, 0.2) is 12.2 Å². The number of hydrogen-bond acceptors (Lipinski definition) is 1. The minimum atomic E-state index is 0.750. The predicted molar refractivity (Wildman–Crippen MR) is 42.9 cm³/mol. The number of likely N-dealkylation sites (N-methyl/N-ethyl adjacent to an activating group) is 1. The van der Waals surface area contributed by atoms with Gasteiger partial charge >= 0.3 is 0 Å². The monoisotopic (exact) mass is 137 g/mol. The second-order valence-electron chi connectivity index (χ2n) is 3.60. The minimum absolute atomic E-state index is 0.750. The van der Waals surface area contributed by atoms with Crippen LogP contribution in [0.3, 0.4) is 0 Å². The third-order valence-corrected chi connectivity index (χ3v) is 3.16. The van der Waals surface area contributed by atoms with Crippen molar-refractivity contribution >= 4 is 0 Å². The average Bonchev–Trinajstić information content (AvgIpc) is 2.00. The molecule has 1 fully saturated rings. The van der Waals surface area contributed by atoms with E-state index in [1.165, 1.54) is 12.8 Å². The molecule has 1 saturated heterocycles. The lowest BCUT2D eigenvalue weighted by atomic mass is 9.81. The van der Waals surface area contributed by atoms with Gasteiger partial charge in [-0.2, -0.15) is 0 Å². The molecule has 0 amide bonds. The fourth-order valence-electron chi connectivity index (χ4n) is 2.17. The Hall–Kier alpha value is -0.300. The largest absolute Gasteiger partial charge is 0.297 e. The summed E-state index contributed by atoms with van der Waals surface area (Å²) in [6.45, 7) is 2.33. The van der Waals surface area contributed by atoms with E-state index < -0.39 is 0 Å². The molecule has 2 aliphatic heterocycles. The van der Waals surface area contributed by atoms with Gasteiger partial charge in [0, 0.05) is 12.1 Å². The van der Waals surface area contributed by atoms with E-state index in [0.717, 1.165) is 18.0 Å². The third kappa shape index (κ3) is 0.734. The summed E-state index contributed by atoms with van der Waals surface area (Å²) in [5.74, 6) is 0.843. The van der Waals surface area contributed by atoms with E-state index in [1.807, 2.05) is 0 Å². The number of hydrogen-bond donors (Lipinski definition) is 0. The van der Waals surface area contributed by atoms with Crippen molar-refractivity contribution < 1.29 is 0 Å². The minimum Gasteiger partial charge on any atom is -0.297 e. The van der Waals surface area contributed by atoms with Crippen LogP contribution in [0.2, 0.25) is 0 Å². The third-order valence-electron chi connectivity index (χ3n) is 3.16. The first-order valence-corrected chi connectivity index (χ1v) is 4.19. The topological polar surface area (TPSA) is 3.24 Å². The molecule has 0 aromatic heterocycles. The molecule has 2 heterocycles. The molecule has 56 valence electrons. The Bertz CT molecular complexity index is 144. The van der Waals surface area contributed by atoms with E-state index in [0.29, 0.717) is 0 Å². The molecule has 10 heavy (non-hydrogen) atoms. The molecule has 2 bridgehead atoms. The van der Waals surface area contributed by atoms with Crippen LogP contribution in [-0.4, -0.2) is 24.0 Å². The summed E-state index contributed by atoms with van der Waals surface area (Å²) in [7, 11) is 2.24. The van der Waals surface area contributed by atoms with Gasteiger partial charge in [0.25, 0.3) is 0 Å². The molecule has 0 spiro atoms. The molecule has 3 atom stereocenters. The number of rotatable bonds is 0. The van der Waals surface area contributed by atoms with E-state index in [2.05, 4.69) is 31.0 Å². The Morgan fingerprint density at radius 1 is 1.30 bits per heavy atom. The first kappa shape index (κ1) is 6.41. The highest BCUT2D eigenvalue weighted by Crippen LogP contribution is 2.32. The van der Waals surface area contributed by atoms with Crippen LogP contribution < -0.4 is 0 Å². The molecule has 1 heteroatoms. The van der Waals surface area contributed by atoms with Gasteiger partial charge in [-0.15, -0.1) is 0 Å². The summed E-state index contributed by atoms with van der Waals surface area (Å²) >= 11 is 0. The first-order valence-electron chi connectivity index (χ1n) is 4.19. The quantitative estimate of drug-likeness (QED) is 0.459. The van der Waals surface area contributed by atoms with E-state index >= 15 is 0 Å². The zero-order valence-corrected chi connectivity index (χ0v) is 6.75. The predicted octanol–water partition coefficient (Wildman–Crippen LogP) is 1.66. The van der Waals surface area contributed by atoms with Gasteiger partial charge in [-0.3, -0.25) is 4.90 Å². The van der Waals surface area contributed by atoms with Crippen LogP contribution >= 0.6 is 0 Å². The zero-order valence-electron chi connectivity index (χ0n) is 6.75. The lowest BCUT2D eigenvalue weighted by molar-refractivity contribution is 0.105. The Kier molecular flexibility index (Phi) is 1.34. The van der Waals surface area contributed by atoms with Crippen molar-refractivity contribution in [2.24, 2.45) is 5.92 Å². The second-order valence-corrected chi connectivity index (χ2v) is 3.60. The molecular formula is C9H15N. The Morgan fingerprint density at radius 3 is 2.40 bits per heavy atom. The smallest absolute Gasteiger partial charge is 0.0278 e. The fourth-order valence-corrected chi connectivity index (χ4v) is 2.17. The number of fused-ring (bicyclic) bond motifs is 2. The van der Waals surface area contributed by atoms with E-state index in [1.54, 1.807) is 0 Å². The van der Waals surface area contributed by atoms with Gasteiger partial charge in [0.2, 0.25) is 0 Å². The lowest BCUT2D eigenvalue weighted by Crippen LogP contribution is -2.48. The van der Waals surface area contributed by atoms with Gasteiger partial charge in [-0.05, 0) is 32.7 Å². The maximum atomic E-state index is 2.49. The summed E-state index contributed by atoms with van der Waals surface area (Å²) in [5, 5.41) is 0. The molecule has 0 aromatic rings. The van der Waals surface area contributed by atoms with E-state index in [4.69, 9.17) is 0 Å². The maximum Gasteiger partial charge on any atom is 0.0278 e. The highest BCUT2D eigenvalue weighted by atomic mass is 15.2.